The molecule has 0 bridgehead atoms. The summed E-state index contributed by atoms with van der Waals surface area (Å²) >= 11 is 0. The molecule has 3 N–H and O–H groups in total. The van der Waals surface area contributed by atoms with E-state index < -0.39 is 17.9 Å². The van der Waals surface area contributed by atoms with Crippen molar-refractivity contribution in [2.45, 2.75) is 13.3 Å². The van der Waals surface area contributed by atoms with Gasteiger partial charge in [-0.3, -0.25) is 6.08 Å². The van der Waals surface area contributed by atoms with Crippen molar-refractivity contribution in [1.82, 2.24) is 0 Å². The van der Waals surface area contributed by atoms with Crippen LogP contribution in [-0.2, 0) is 21.7 Å². The van der Waals surface area contributed by atoms with E-state index in [-0.39, 0.29) is 21.7 Å². The fraction of sp³-hybridized carbons (Fsp3) is 0.0513. The summed E-state index contributed by atoms with van der Waals surface area (Å²) in [6, 6.07) is 38.2. The Balaban J connectivity index is 0.000000171. The molecule has 0 heterocycles. The Labute approximate surface area is 281 Å². The second kappa shape index (κ2) is 17.3. The first-order chi connectivity index (χ1) is 21.8. The van der Waals surface area contributed by atoms with Gasteiger partial charge in [-0.15, -0.1) is 6.42 Å². The first-order valence-corrected chi connectivity index (χ1v) is 14.1. The predicted molar refractivity (Wildman–Crippen MR) is 179 cm³/mol. The summed E-state index contributed by atoms with van der Waals surface area (Å²) in [7, 11) is 0. The van der Waals surface area contributed by atoms with Crippen LogP contribution < -0.4 is 0 Å². The summed E-state index contributed by atoms with van der Waals surface area (Å²) in [4.78, 5) is 32.4. The SMILES string of the molecule is CC1=[C-]CC=C1.O=C(O)c1cccc2ccccc12.O=C(O)c1cccc2ccccc12.O=C(O)c1cccc2ccccc12.[Ti]. The van der Waals surface area contributed by atoms with E-state index >= 15 is 0 Å². The van der Waals surface area contributed by atoms with Crippen LogP contribution in [0.15, 0.2) is 145 Å². The molecule has 0 saturated heterocycles. The number of aromatic carboxylic acids is 3. The number of carboxylic acids is 3. The van der Waals surface area contributed by atoms with Crippen LogP contribution >= 0.6 is 0 Å². The van der Waals surface area contributed by atoms with Gasteiger partial charge in [0, 0.05) is 21.7 Å². The fourth-order valence-corrected chi connectivity index (χ4v) is 4.75. The molecule has 1 aliphatic rings. The van der Waals surface area contributed by atoms with Gasteiger partial charge in [-0.25, -0.2) is 26.0 Å². The van der Waals surface area contributed by atoms with Gasteiger partial charge in [-0.1, -0.05) is 116 Å². The van der Waals surface area contributed by atoms with E-state index in [1.807, 2.05) is 91.0 Å². The van der Waals surface area contributed by atoms with E-state index in [0.717, 1.165) is 38.7 Å². The zero-order valence-electron chi connectivity index (χ0n) is 25.1. The number of hydrogen-bond acceptors (Lipinski definition) is 3. The summed E-state index contributed by atoms with van der Waals surface area (Å²) < 4.78 is 0. The van der Waals surface area contributed by atoms with Crippen LogP contribution in [0, 0.1) is 6.08 Å². The first-order valence-electron chi connectivity index (χ1n) is 14.1. The number of carbonyl (C=O) groups is 3. The number of rotatable bonds is 3. The van der Waals surface area contributed by atoms with Crippen LogP contribution in [0.4, 0.5) is 0 Å². The molecule has 1 aliphatic carbocycles. The van der Waals surface area contributed by atoms with Gasteiger partial charge in [0.15, 0.2) is 0 Å². The summed E-state index contributed by atoms with van der Waals surface area (Å²) in [6.07, 6.45) is 8.33. The number of benzene rings is 6. The summed E-state index contributed by atoms with van der Waals surface area (Å²) in [5.41, 5.74) is 2.35. The second-order valence-corrected chi connectivity index (χ2v) is 9.96. The Hall–Kier alpha value is -5.30. The summed E-state index contributed by atoms with van der Waals surface area (Å²) in [5, 5.41) is 31.9. The van der Waals surface area contributed by atoms with E-state index in [9.17, 15) is 14.4 Å². The predicted octanol–water partition coefficient (Wildman–Crippen LogP) is 9.31. The first kappa shape index (κ1) is 35.2. The zero-order valence-corrected chi connectivity index (χ0v) is 26.6. The maximum absolute atomic E-state index is 10.8. The molecule has 6 nitrogen and oxygen atoms in total. The topological polar surface area (TPSA) is 112 Å². The monoisotopic (exact) mass is 643 g/mol. The van der Waals surface area contributed by atoms with E-state index in [1.54, 1.807) is 36.4 Å². The molecule has 0 unspecified atom stereocenters. The Morgan fingerprint density at radius 2 is 0.804 bits per heavy atom. The normalized spacial score (nSPS) is 11.0. The molecule has 0 radical (unpaired) electrons. The third kappa shape index (κ3) is 9.35. The van der Waals surface area contributed by atoms with Crippen molar-refractivity contribution in [2.75, 3.05) is 0 Å². The van der Waals surface area contributed by atoms with Crippen molar-refractivity contribution < 1.29 is 51.4 Å². The molecule has 0 fully saturated rings. The van der Waals surface area contributed by atoms with Crippen molar-refractivity contribution in [1.29, 1.82) is 0 Å². The standard InChI is InChI=1S/3C11H8O2.C6H7.Ti/c3*12-11(13)10-7-3-5-8-4-1-2-6-9(8)10;1-6-4-2-3-5-6;/h3*1-7H,(H,12,13);2,4H,3H2,1H3;/q;;;-1;. The van der Waals surface area contributed by atoms with Crippen LogP contribution in [0.3, 0.4) is 0 Å². The Morgan fingerprint density at radius 3 is 1.04 bits per heavy atom. The summed E-state index contributed by atoms with van der Waals surface area (Å²) in [6.45, 7) is 2.06. The minimum absolute atomic E-state index is 0. The molecule has 228 valence electrons. The number of allylic oxidation sites excluding steroid dienone is 4. The molecule has 46 heavy (non-hydrogen) atoms. The Morgan fingerprint density at radius 1 is 0.500 bits per heavy atom. The van der Waals surface area contributed by atoms with Crippen LogP contribution in [0.1, 0.15) is 44.4 Å². The van der Waals surface area contributed by atoms with Crippen LogP contribution in [0.5, 0.6) is 0 Å². The van der Waals surface area contributed by atoms with Gasteiger partial charge in [0.05, 0.1) is 16.7 Å². The minimum atomic E-state index is -0.878. The Bertz CT molecular complexity index is 1810. The van der Waals surface area contributed by atoms with Gasteiger partial charge in [0.25, 0.3) is 0 Å². The maximum Gasteiger partial charge on any atom is 0.336 e. The maximum atomic E-state index is 10.8. The van der Waals surface area contributed by atoms with Gasteiger partial charge in [0.2, 0.25) is 0 Å². The molecule has 7 heteroatoms. The second-order valence-electron chi connectivity index (χ2n) is 9.96. The molecule has 7 rings (SSSR count). The fourth-order valence-electron chi connectivity index (χ4n) is 4.75. The smallest absolute Gasteiger partial charge is 0.336 e. The van der Waals surface area contributed by atoms with Gasteiger partial charge >= 0.3 is 17.9 Å². The number of fused-ring (bicyclic) bond motifs is 3. The average molecular weight is 644 g/mol. The largest absolute Gasteiger partial charge is 0.478 e. The molecule has 0 aromatic heterocycles. The van der Waals surface area contributed by atoms with Crippen molar-refractivity contribution >= 4 is 50.2 Å². The van der Waals surface area contributed by atoms with Crippen LogP contribution in [0.25, 0.3) is 32.3 Å². The molecule has 6 aromatic carbocycles. The number of carboxylic acid groups (broad SMARTS) is 3. The molecule has 0 amide bonds. The Kier molecular flexibility index (Phi) is 13.2. The molecule has 6 aromatic rings. The van der Waals surface area contributed by atoms with Gasteiger partial charge in [0.1, 0.15) is 0 Å². The average Bonchev–Trinajstić information content (AvgIpc) is 3.55. The van der Waals surface area contributed by atoms with Crippen LogP contribution in [-0.4, -0.2) is 33.2 Å². The van der Waals surface area contributed by atoms with E-state index in [4.69, 9.17) is 15.3 Å². The molecule has 0 spiro atoms. The zero-order chi connectivity index (χ0) is 32.2. The van der Waals surface area contributed by atoms with Crippen molar-refractivity contribution in [3.63, 3.8) is 0 Å². The van der Waals surface area contributed by atoms with Gasteiger partial charge in [-0.2, -0.15) is 6.08 Å². The van der Waals surface area contributed by atoms with Crippen molar-refractivity contribution in [3.8, 4) is 0 Å². The van der Waals surface area contributed by atoms with Gasteiger partial charge in [-0.05, 0) is 50.5 Å². The van der Waals surface area contributed by atoms with E-state index in [0.29, 0.717) is 16.7 Å². The van der Waals surface area contributed by atoms with Gasteiger partial charge < -0.3 is 15.3 Å². The third-order valence-electron chi connectivity index (χ3n) is 6.93. The molecular weight excluding hydrogens is 612 g/mol. The van der Waals surface area contributed by atoms with E-state index in [1.165, 1.54) is 5.57 Å². The van der Waals surface area contributed by atoms with Crippen LogP contribution in [0.2, 0.25) is 0 Å². The van der Waals surface area contributed by atoms with Crippen molar-refractivity contribution in [2.24, 2.45) is 0 Å². The third-order valence-corrected chi connectivity index (χ3v) is 6.93. The molecular formula is C39H31O6Ti-. The quantitative estimate of drug-likeness (QED) is 0.131. The minimum Gasteiger partial charge on any atom is -0.478 e. The molecule has 0 atom stereocenters. The van der Waals surface area contributed by atoms with Crippen molar-refractivity contribution in [3.05, 3.63) is 168 Å². The van der Waals surface area contributed by atoms with E-state index in [2.05, 4.69) is 25.2 Å². The summed E-state index contributed by atoms with van der Waals surface area (Å²) in [5.74, 6) is -2.63. The molecule has 0 aliphatic heterocycles. The number of hydrogen-bond donors (Lipinski definition) is 3. The molecule has 0 saturated carbocycles.